The zero-order valence-electron chi connectivity index (χ0n) is 22.0. The van der Waals surface area contributed by atoms with E-state index in [9.17, 15) is 19.1 Å². The Morgan fingerprint density at radius 1 is 0.923 bits per heavy atom. The van der Waals surface area contributed by atoms with Gasteiger partial charge in [-0.25, -0.2) is 9.18 Å². The first-order valence-corrected chi connectivity index (χ1v) is 12.8. The fourth-order valence-corrected chi connectivity index (χ4v) is 5.03. The second-order valence-electron chi connectivity index (χ2n) is 9.83. The molecule has 0 unspecified atom stereocenters. The molecule has 1 aromatic heterocycles. The maximum atomic E-state index is 13.6. The van der Waals surface area contributed by atoms with Gasteiger partial charge in [0.15, 0.2) is 0 Å². The van der Waals surface area contributed by atoms with E-state index in [0.29, 0.717) is 23.2 Å². The lowest BCUT2D eigenvalue weighted by Gasteiger charge is -2.15. The second kappa shape index (κ2) is 10.6. The van der Waals surface area contributed by atoms with Crippen molar-refractivity contribution in [2.24, 2.45) is 0 Å². The average Bonchev–Trinajstić information content (AvgIpc) is 3.17. The van der Waals surface area contributed by atoms with E-state index < -0.39 is 5.97 Å². The highest BCUT2D eigenvalue weighted by Crippen LogP contribution is 2.29. The molecule has 0 spiro atoms. The number of amides is 1. The fraction of sp³-hybridized carbons (Fsp3) is 0.152. The second-order valence-corrected chi connectivity index (χ2v) is 9.83. The molecule has 6 heteroatoms. The number of nitrogens with one attached hydrogen (secondary N) is 1. The van der Waals surface area contributed by atoms with Crippen LogP contribution in [0.15, 0.2) is 91.0 Å². The zero-order chi connectivity index (χ0) is 27.7. The fourth-order valence-electron chi connectivity index (χ4n) is 5.03. The number of carboxylic acid groups (broad SMARTS) is 1. The Bertz CT molecular complexity index is 1700. The molecule has 1 amide bonds. The van der Waals surface area contributed by atoms with Crippen molar-refractivity contribution in [1.29, 1.82) is 0 Å². The van der Waals surface area contributed by atoms with E-state index in [0.717, 1.165) is 33.3 Å². The molecule has 0 aliphatic heterocycles. The van der Waals surface area contributed by atoms with Gasteiger partial charge in [-0.05, 0) is 85.0 Å². The molecule has 0 radical (unpaired) electrons. The normalized spacial score (nSPS) is 11.9. The molecule has 5 aromatic rings. The number of halogens is 1. The molecule has 4 aromatic carbocycles. The molecule has 0 saturated carbocycles. The monoisotopic (exact) mass is 520 g/mol. The van der Waals surface area contributed by atoms with Gasteiger partial charge in [0.25, 0.3) is 5.91 Å². The smallest absolute Gasteiger partial charge is 0.336 e. The number of carboxylic acids is 1. The van der Waals surface area contributed by atoms with Gasteiger partial charge in [0.1, 0.15) is 5.82 Å². The van der Waals surface area contributed by atoms with Crippen LogP contribution in [0.2, 0.25) is 0 Å². The Hall–Kier alpha value is -4.71. The molecule has 0 aliphatic rings. The van der Waals surface area contributed by atoms with E-state index in [-0.39, 0.29) is 23.3 Å². The number of carbonyl (C=O) groups excluding carboxylic acids is 1. The Kier molecular flexibility index (Phi) is 7.03. The van der Waals surface area contributed by atoms with Crippen LogP contribution in [0.25, 0.3) is 22.0 Å². The number of aryl methyl sites for hydroxylation is 1. The van der Waals surface area contributed by atoms with Crippen molar-refractivity contribution in [2.45, 2.75) is 33.4 Å². The Balaban J connectivity index is 1.39. The summed E-state index contributed by atoms with van der Waals surface area (Å²) < 4.78 is 15.8. The van der Waals surface area contributed by atoms with Gasteiger partial charge in [-0.3, -0.25) is 4.79 Å². The van der Waals surface area contributed by atoms with Crippen LogP contribution >= 0.6 is 0 Å². The molecule has 0 saturated heterocycles. The first-order chi connectivity index (χ1) is 18.7. The minimum Gasteiger partial charge on any atom is -0.478 e. The number of rotatable bonds is 7. The predicted octanol–water partition coefficient (Wildman–Crippen LogP) is 7.30. The topological polar surface area (TPSA) is 71.3 Å². The molecule has 5 rings (SSSR count). The highest BCUT2D eigenvalue weighted by atomic mass is 19.1. The van der Waals surface area contributed by atoms with Crippen molar-refractivity contribution in [3.8, 4) is 11.1 Å². The van der Waals surface area contributed by atoms with Gasteiger partial charge >= 0.3 is 5.97 Å². The molecule has 196 valence electrons. The molecule has 1 heterocycles. The summed E-state index contributed by atoms with van der Waals surface area (Å²) >= 11 is 0. The van der Waals surface area contributed by atoms with Gasteiger partial charge in [-0.1, -0.05) is 54.6 Å². The molecule has 5 nitrogen and oxygen atoms in total. The van der Waals surface area contributed by atoms with Crippen LogP contribution < -0.4 is 5.32 Å². The lowest BCUT2D eigenvalue weighted by molar-refractivity contribution is 0.0697. The summed E-state index contributed by atoms with van der Waals surface area (Å²) in [5, 5.41) is 13.5. The molecule has 2 N–H and O–H groups in total. The maximum absolute atomic E-state index is 13.6. The van der Waals surface area contributed by atoms with Crippen molar-refractivity contribution >= 4 is 22.8 Å². The quantitative estimate of drug-likeness (QED) is 0.237. The summed E-state index contributed by atoms with van der Waals surface area (Å²) in [5.74, 6) is -1.49. The van der Waals surface area contributed by atoms with Gasteiger partial charge in [-0.15, -0.1) is 0 Å². The van der Waals surface area contributed by atoms with Crippen LogP contribution in [0.5, 0.6) is 0 Å². The number of hydrogen-bond donors (Lipinski definition) is 2. The summed E-state index contributed by atoms with van der Waals surface area (Å²) in [6.07, 6.45) is 0. The van der Waals surface area contributed by atoms with E-state index in [1.807, 2.05) is 61.5 Å². The van der Waals surface area contributed by atoms with Crippen LogP contribution in [-0.2, 0) is 6.54 Å². The number of nitrogens with zero attached hydrogens (tertiary/aromatic N) is 1. The van der Waals surface area contributed by atoms with Crippen molar-refractivity contribution < 1.29 is 19.1 Å². The summed E-state index contributed by atoms with van der Waals surface area (Å²) in [5.41, 5.74) is 7.39. The molecule has 0 fully saturated rings. The summed E-state index contributed by atoms with van der Waals surface area (Å²) in [4.78, 5) is 24.6. The highest BCUT2D eigenvalue weighted by molar-refractivity contribution is 5.99. The van der Waals surface area contributed by atoms with Crippen molar-refractivity contribution in [3.63, 3.8) is 0 Å². The lowest BCUT2D eigenvalue weighted by Crippen LogP contribution is -2.26. The van der Waals surface area contributed by atoms with E-state index in [4.69, 9.17) is 0 Å². The third-order valence-corrected chi connectivity index (χ3v) is 7.36. The van der Waals surface area contributed by atoms with E-state index in [1.54, 1.807) is 24.3 Å². The summed E-state index contributed by atoms with van der Waals surface area (Å²) in [7, 11) is 0. The SMILES string of the molecule is Cc1c(C)n(Cc2ccc(-c3ccccc3C(=O)O)cc2)c2ccc(C(=O)N[C@@H](C)c3cccc(F)c3)cc12. The molecule has 1 atom stereocenters. The average molecular weight is 521 g/mol. The largest absolute Gasteiger partial charge is 0.478 e. The van der Waals surface area contributed by atoms with Gasteiger partial charge in [0, 0.05) is 28.7 Å². The maximum Gasteiger partial charge on any atom is 0.336 e. The van der Waals surface area contributed by atoms with Crippen LogP contribution in [0.3, 0.4) is 0 Å². The number of hydrogen-bond acceptors (Lipinski definition) is 2. The van der Waals surface area contributed by atoms with Crippen molar-refractivity contribution in [1.82, 2.24) is 9.88 Å². The molecule has 0 aliphatic carbocycles. The first-order valence-electron chi connectivity index (χ1n) is 12.8. The number of aromatic nitrogens is 1. The number of carbonyl (C=O) groups is 2. The summed E-state index contributed by atoms with van der Waals surface area (Å²) in [6.45, 7) is 6.59. The Morgan fingerprint density at radius 3 is 2.38 bits per heavy atom. The third kappa shape index (κ3) is 5.18. The molecule has 0 bridgehead atoms. The zero-order valence-corrected chi connectivity index (χ0v) is 22.0. The minimum atomic E-state index is -0.948. The molecular weight excluding hydrogens is 491 g/mol. The first kappa shape index (κ1) is 25.9. The van der Waals surface area contributed by atoms with E-state index >= 15 is 0 Å². The van der Waals surface area contributed by atoms with Crippen LogP contribution in [-0.4, -0.2) is 21.6 Å². The van der Waals surface area contributed by atoms with Gasteiger partial charge < -0.3 is 15.0 Å². The predicted molar refractivity (Wildman–Crippen MR) is 152 cm³/mol. The third-order valence-electron chi connectivity index (χ3n) is 7.36. The van der Waals surface area contributed by atoms with Crippen LogP contribution in [0, 0.1) is 19.7 Å². The van der Waals surface area contributed by atoms with Gasteiger partial charge in [0.2, 0.25) is 0 Å². The highest BCUT2D eigenvalue weighted by Gasteiger charge is 2.17. The number of fused-ring (bicyclic) bond motifs is 1. The van der Waals surface area contributed by atoms with Crippen molar-refractivity contribution in [2.75, 3.05) is 0 Å². The van der Waals surface area contributed by atoms with Crippen molar-refractivity contribution in [3.05, 3.63) is 130 Å². The Labute approximate surface area is 226 Å². The summed E-state index contributed by atoms with van der Waals surface area (Å²) in [6, 6.07) is 26.5. The standard InChI is InChI=1S/C33H29FN2O3/c1-20-22(3)36(19-23-11-13-24(14-12-23)28-9-4-5-10-29(28)33(38)39)31-16-15-26(18-30(20)31)32(37)35-21(2)25-7-6-8-27(34)17-25/h4-18,21H,19H2,1-3H3,(H,35,37)(H,38,39)/t21-/m0/s1. The minimum absolute atomic E-state index is 0.212. The van der Waals surface area contributed by atoms with E-state index in [2.05, 4.69) is 23.7 Å². The Morgan fingerprint density at radius 2 is 1.67 bits per heavy atom. The van der Waals surface area contributed by atoms with Crippen LogP contribution in [0.4, 0.5) is 4.39 Å². The van der Waals surface area contributed by atoms with Gasteiger partial charge in [-0.2, -0.15) is 0 Å². The van der Waals surface area contributed by atoms with E-state index in [1.165, 1.54) is 12.1 Å². The molecule has 39 heavy (non-hydrogen) atoms. The molecular formula is C33H29FN2O3. The van der Waals surface area contributed by atoms with Gasteiger partial charge in [0.05, 0.1) is 11.6 Å². The number of aromatic carboxylic acids is 1. The lowest BCUT2D eigenvalue weighted by atomic mass is 9.99. The number of benzene rings is 4. The van der Waals surface area contributed by atoms with Crippen LogP contribution in [0.1, 0.15) is 56.1 Å².